The zero-order valence-corrected chi connectivity index (χ0v) is 9.58. The summed E-state index contributed by atoms with van der Waals surface area (Å²) in [6.45, 7) is 6.96. The molecular formula is C11H22N2O2. The minimum absolute atomic E-state index is 0.649. The molecule has 2 heterocycles. The van der Waals surface area contributed by atoms with E-state index in [4.69, 9.17) is 9.47 Å². The van der Waals surface area contributed by atoms with Gasteiger partial charge in [0.1, 0.15) is 0 Å². The molecule has 0 unspecified atom stereocenters. The summed E-state index contributed by atoms with van der Waals surface area (Å²) in [5.74, 6) is 0.714. The summed E-state index contributed by atoms with van der Waals surface area (Å²) in [4.78, 5) is 2.52. The molecule has 2 rings (SSSR count). The first-order valence-electron chi connectivity index (χ1n) is 5.93. The highest BCUT2D eigenvalue weighted by atomic mass is 16.5. The molecule has 2 aliphatic rings. The first-order chi connectivity index (χ1) is 7.42. The molecule has 2 atom stereocenters. The fraction of sp³-hybridized carbons (Fsp3) is 1.00. The van der Waals surface area contributed by atoms with Crippen molar-refractivity contribution < 1.29 is 9.47 Å². The standard InChI is InChI=1S/C11H22N2O2/c1-14-6-4-13-5-7-15-9-10-2-3-12-8-11(10)13/h10-12H,2-9H2,1H3/t10-,11-/m1/s1. The number of nitrogens with zero attached hydrogens (tertiary/aromatic N) is 1. The lowest BCUT2D eigenvalue weighted by Crippen LogP contribution is -2.52. The third-order valence-corrected chi connectivity index (χ3v) is 3.50. The molecule has 0 saturated carbocycles. The van der Waals surface area contributed by atoms with Gasteiger partial charge in [0.05, 0.1) is 19.8 Å². The van der Waals surface area contributed by atoms with E-state index in [1.54, 1.807) is 7.11 Å². The maximum atomic E-state index is 5.66. The number of fused-ring (bicyclic) bond motifs is 1. The Hall–Kier alpha value is -0.160. The van der Waals surface area contributed by atoms with Crippen LogP contribution in [-0.4, -0.2) is 64.1 Å². The molecule has 0 bridgehead atoms. The van der Waals surface area contributed by atoms with Gasteiger partial charge in [0, 0.05) is 38.7 Å². The number of ether oxygens (including phenoxy) is 2. The van der Waals surface area contributed by atoms with E-state index < -0.39 is 0 Å². The van der Waals surface area contributed by atoms with E-state index in [0.717, 1.165) is 46.0 Å². The van der Waals surface area contributed by atoms with Gasteiger partial charge in [-0.05, 0) is 13.0 Å². The summed E-state index contributed by atoms with van der Waals surface area (Å²) in [7, 11) is 1.77. The van der Waals surface area contributed by atoms with Crippen LogP contribution in [0.3, 0.4) is 0 Å². The Bertz CT molecular complexity index is 189. The van der Waals surface area contributed by atoms with Gasteiger partial charge in [-0.25, -0.2) is 0 Å². The molecule has 4 nitrogen and oxygen atoms in total. The predicted molar refractivity (Wildman–Crippen MR) is 59.0 cm³/mol. The average Bonchev–Trinajstić information content (AvgIpc) is 2.49. The third-order valence-electron chi connectivity index (χ3n) is 3.50. The van der Waals surface area contributed by atoms with Crippen LogP contribution in [0.1, 0.15) is 6.42 Å². The van der Waals surface area contributed by atoms with Gasteiger partial charge in [0.15, 0.2) is 0 Å². The van der Waals surface area contributed by atoms with Crippen molar-refractivity contribution in [2.75, 3.05) is 53.1 Å². The first kappa shape index (κ1) is 11.3. The molecule has 0 aliphatic carbocycles. The Kier molecular flexibility index (Phi) is 4.38. The molecule has 0 aromatic carbocycles. The molecule has 0 radical (unpaired) electrons. The van der Waals surface area contributed by atoms with Gasteiger partial charge in [-0.3, -0.25) is 4.90 Å². The zero-order chi connectivity index (χ0) is 10.5. The second kappa shape index (κ2) is 5.80. The van der Waals surface area contributed by atoms with E-state index in [1.807, 2.05) is 0 Å². The molecule has 0 spiro atoms. The lowest BCUT2D eigenvalue weighted by molar-refractivity contribution is 0.0864. The largest absolute Gasteiger partial charge is 0.383 e. The van der Waals surface area contributed by atoms with E-state index >= 15 is 0 Å². The van der Waals surface area contributed by atoms with Crippen molar-refractivity contribution in [3.63, 3.8) is 0 Å². The van der Waals surface area contributed by atoms with Crippen molar-refractivity contribution in [3.8, 4) is 0 Å². The van der Waals surface area contributed by atoms with E-state index in [0.29, 0.717) is 12.0 Å². The van der Waals surface area contributed by atoms with Crippen LogP contribution in [0.25, 0.3) is 0 Å². The summed E-state index contributed by atoms with van der Waals surface area (Å²) in [6, 6.07) is 0.649. The summed E-state index contributed by atoms with van der Waals surface area (Å²) in [6.07, 6.45) is 1.24. The van der Waals surface area contributed by atoms with E-state index in [1.165, 1.54) is 6.42 Å². The maximum Gasteiger partial charge on any atom is 0.0593 e. The minimum Gasteiger partial charge on any atom is -0.383 e. The van der Waals surface area contributed by atoms with Gasteiger partial charge < -0.3 is 14.8 Å². The van der Waals surface area contributed by atoms with Crippen LogP contribution in [0, 0.1) is 5.92 Å². The molecular weight excluding hydrogens is 192 g/mol. The number of hydrogen-bond acceptors (Lipinski definition) is 4. The van der Waals surface area contributed by atoms with Crippen LogP contribution in [0.4, 0.5) is 0 Å². The van der Waals surface area contributed by atoms with Crippen LogP contribution in [0.15, 0.2) is 0 Å². The second-order valence-electron chi connectivity index (χ2n) is 4.42. The van der Waals surface area contributed by atoms with Crippen molar-refractivity contribution in [2.45, 2.75) is 12.5 Å². The minimum atomic E-state index is 0.649. The summed E-state index contributed by atoms with van der Waals surface area (Å²) in [5, 5.41) is 3.48. The normalized spacial score (nSPS) is 33.4. The highest BCUT2D eigenvalue weighted by Crippen LogP contribution is 2.20. The van der Waals surface area contributed by atoms with Crippen molar-refractivity contribution >= 4 is 0 Å². The maximum absolute atomic E-state index is 5.66. The van der Waals surface area contributed by atoms with Gasteiger partial charge in [0.25, 0.3) is 0 Å². The van der Waals surface area contributed by atoms with Gasteiger partial charge in [-0.1, -0.05) is 0 Å². The van der Waals surface area contributed by atoms with Gasteiger partial charge in [-0.15, -0.1) is 0 Å². The number of hydrogen-bond donors (Lipinski definition) is 1. The molecule has 0 amide bonds. The van der Waals surface area contributed by atoms with Crippen molar-refractivity contribution in [1.29, 1.82) is 0 Å². The first-order valence-corrected chi connectivity index (χ1v) is 5.93. The molecule has 4 heteroatoms. The fourth-order valence-electron chi connectivity index (χ4n) is 2.59. The van der Waals surface area contributed by atoms with Crippen LogP contribution in [0.2, 0.25) is 0 Å². The number of piperidine rings is 1. The lowest BCUT2D eigenvalue weighted by Gasteiger charge is -2.37. The fourth-order valence-corrected chi connectivity index (χ4v) is 2.59. The molecule has 15 heavy (non-hydrogen) atoms. The molecule has 0 aromatic heterocycles. The molecule has 0 aromatic rings. The van der Waals surface area contributed by atoms with E-state index in [-0.39, 0.29) is 0 Å². The molecule has 2 saturated heterocycles. The molecule has 1 N–H and O–H groups in total. The lowest BCUT2D eigenvalue weighted by atomic mass is 9.92. The SMILES string of the molecule is COCCN1CCOC[C@H]2CCNC[C@H]21. The van der Waals surface area contributed by atoms with Crippen LogP contribution >= 0.6 is 0 Å². The average molecular weight is 214 g/mol. The Morgan fingerprint density at radius 1 is 1.53 bits per heavy atom. The highest BCUT2D eigenvalue weighted by Gasteiger charge is 2.31. The van der Waals surface area contributed by atoms with Crippen LogP contribution in [-0.2, 0) is 9.47 Å². The zero-order valence-electron chi connectivity index (χ0n) is 9.58. The second-order valence-corrected chi connectivity index (χ2v) is 4.42. The summed E-state index contributed by atoms with van der Waals surface area (Å²) in [5.41, 5.74) is 0. The number of rotatable bonds is 3. The van der Waals surface area contributed by atoms with Gasteiger partial charge in [-0.2, -0.15) is 0 Å². The Morgan fingerprint density at radius 2 is 2.47 bits per heavy atom. The van der Waals surface area contributed by atoms with Crippen molar-refractivity contribution in [3.05, 3.63) is 0 Å². The quantitative estimate of drug-likeness (QED) is 0.714. The third kappa shape index (κ3) is 2.91. The Labute approximate surface area is 91.9 Å². The molecule has 2 fully saturated rings. The van der Waals surface area contributed by atoms with E-state index in [2.05, 4.69) is 10.2 Å². The molecule has 2 aliphatic heterocycles. The van der Waals surface area contributed by atoms with Crippen molar-refractivity contribution in [1.82, 2.24) is 10.2 Å². The van der Waals surface area contributed by atoms with Gasteiger partial charge in [0.2, 0.25) is 0 Å². The van der Waals surface area contributed by atoms with Gasteiger partial charge >= 0.3 is 0 Å². The predicted octanol–water partition coefficient (Wildman–Crippen LogP) is -0.0569. The highest BCUT2D eigenvalue weighted by molar-refractivity contribution is 4.87. The molecule has 88 valence electrons. The summed E-state index contributed by atoms with van der Waals surface area (Å²) < 4.78 is 10.8. The Morgan fingerprint density at radius 3 is 3.33 bits per heavy atom. The van der Waals surface area contributed by atoms with Crippen molar-refractivity contribution in [2.24, 2.45) is 5.92 Å². The van der Waals surface area contributed by atoms with Crippen LogP contribution < -0.4 is 5.32 Å². The monoisotopic (exact) mass is 214 g/mol. The smallest absolute Gasteiger partial charge is 0.0593 e. The number of nitrogens with one attached hydrogen (secondary N) is 1. The van der Waals surface area contributed by atoms with Crippen LogP contribution in [0.5, 0.6) is 0 Å². The topological polar surface area (TPSA) is 33.7 Å². The Balaban J connectivity index is 1.93. The summed E-state index contributed by atoms with van der Waals surface area (Å²) >= 11 is 0. The van der Waals surface area contributed by atoms with E-state index in [9.17, 15) is 0 Å². The number of methoxy groups -OCH3 is 1.